The molecule has 1 aliphatic heterocycles. The third-order valence-corrected chi connectivity index (χ3v) is 4.99. The number of pyridine rings is 2. The van der Waals surface area contributed by atoms with E-state index < -0.39 is 17.6 Å². The topological polar surface area (TPSA) is 74.7 Å². The molecule has 7 nitrogen and oxygen atoms in total. The Kier molecular flexibility index (Phi) is 9.79. The highest BCUT2D eigenvalue weighted by atomic mass is 127. The minimum atomic E-state index is -4.50. The fourth-order valence-corrected chi connectivity index (χ4v) is 3.33. The molecule has 1 saturated heterocycles. The average molecular weight is 564 g/mol. The maximum Gasteiger partial charge on any atom is 0.421 e. The Balaban J connectivity index is 0.00000363. The number of anilines is 1. The maximum atomic E-state index is 13.0. The predicted octanol–water partition coefficient (Wildman–Crippen LogP) is 3.63. The average Bonchev–Trinajstić information content (AvgIpc) is 2.76. The second-order valence-corrected chi connectivity index (χ2v) is 7.30. The minimum Gasteiger partial charge on any atom is -0.475 e. The number of aromatic nitrogens is 2. The van der Waals surface area contributed by atoms with Crippen molar-refractivity contribution in [3.05, 3.63) is 47.8 Å². The monoisotopic (exact) mass is 564 g/mol. The van der Waals surface area contributed by atoms with Gasteiger partial charge in [-0.15, -0.1) is 24.0 Å². The predicted molar refractivity (Wildman–Crippen MR) is 129 cm³/mol. The van der Waals surface area contributed by atoms with Crippen molar-refractivity contribution in [3.63, 3.8) is 0 Å². The van der Waals surface area contributed by atoms with Crippen LogP contribution < -0.4 is 20.3 Å². The Morgan fingerprint density at radius 2 is 1.97 bits per heavy atom. The molecule has 1 fully saturated rings. The number of halogens is 4. The number of guanidine groups is 1. The van der Waals surface area contributed by atoms with Crippen LogP contribution in [0, 0.1) is 6.92 Å². The number of aliphatic imine (C=N–C) groups is 1. The molecule has 0 aliphatic carbocycles. The van der Waals surface area contributed by atoms with Crippen LogP contribution in [-0.4, -0.2) is 55.3 Å². The van der Waals surface area contributed by atoms with Crippen molar-refractivity contribution in [1.29, 1.82) is 0 Å². The summed E-state index contributed by atoms with van der Waals surface area (Å²) in [5, 5.41) is 6.43. The third-order valence-electron chi connectivity index (χ3n) is 4.99. The van der Waals surface area contributed by atoms with Gasteiger partial charge in [0.05, 0.1) is 6.54 Å². The summed E-state index contributed by atoms with van der Waals surface area (Å²) in [6.07, 6.45) is 0.496. The molecule has 2 N–H and O–H groups in total. The number of hydrogen-bond donors (Lipinski definition) is 2. The molecule has 1 aliphatic rings. The van der Waals surface area contributed by atoms with Gasteiger partial charge in [-0.05, 0) is 43.5 Å². The van der Waals surface area contributed by atoms with E-state index in [9.17, 15) is 13.2 Å². The first kappa shape index (κ1) is 25.9. The molecular formula is C21H28F3IN6O. The summed E-state index contributed by atoms with van der Waals surface area (Å²) >= 11 is 0. The van der Waals surface area contributed by atoms with Gasteiger partial charge in [-0.25, -0.2) is 9.97 Å². The van der Waals surface area contributed by atoms with Crippen molar-refractivity contribution in [3.8, 4) is 5.88 Å². The number of hydrogen-bond acceptors (Lipinski definition) is 5. The van der Waals surface area contributed by atoms with E-state index in [1.807, 2.05) is 19.2 Å². The lowest BCUT2D eigenvalue weighted by atomic mass is 10.1. The Hall–Kier alpha value is -2.31. The lowest BCUT2D eigenvalue weighted by Crippen LogP contribution is -2.49. The van der Waals surface area contributed by atoms with E-state index in [4.69, 9.17) is 4.74 Å². The number of aryl methyl sites for hydroxylation is 1. The molecule has 0 saturated carbocycles. The van der Waals surface area contributed by atoms with Gasteiger partial charge in [-0.3, -0.25) is 4.99 Å². The molecule has 2 aromatic rings. The number of rotatable bonds is 6. The molecule has 0 unspecified atom stereocenters. The molecule has 0 radical (unpaired) electrons. The summed E-state index contributed by atoms with van der Waals surface area (Å²) < 4.78 is 44.2. The van der Waals surface area contributed by atoms with Crippen LogP contribution in [0.3, 0.4) is 0 Å². The molecular weight excluding hydrogens is 536 g/mol. The fourth-order valence-electron chi connectivity index (χ4n) is 3.33. The maximum absolute atomic E-state index is 13.0. The molecule has 32 heavy (non-hydrogen) atoms. The summed E-state index contributed by atoms with van der Waals surface area (Å²) in [6, 6.07) is 6.54. The summed E-state index contributed by atoms with van der Waals surface area (Å²) in [5.74, 6) is 1.15. The van der Waals surface area contributed by atoms with Crippen LogP contribution in [0.4, 0.5) is 19.0 Å². The number of nitrogens with one attached hydrogen (secondary N) is 2. The molecule has 11 heteroatoms. The molecule has 0 spiro atoms. The third kappa shape index (κ3) is 7.38. The molecule has 0 bridgehead atoms. The first-order valence-corrected chi connectivity index (χ1v) is 10.2. The first-order valence-electron chi connectivity index (χ1n) is 10.2. The largest absolute Gasteiger partial charge is 0.475 e. The zero-order valence-corrected chi connectivity index (χ0v) is 20.4. The van der Waals surface area contributed by atoms with Crippen molar-refractivity contribution in [2.75, 3.05) is 38.2 Å². The highest BCUT2D eigenvalue weighted by Gasteiger charge is 2.35. The van der Waals surface area contributed by atoms with Crippen LogP contribution in [0.1, 0.15) is 24.0 Å². The molecule has 0 atom stereocenters. The summed E-state index contributed by atoms with van der Waals surface area (Å²) in [5.41, 5.74) is 0.254. The smallest absolute Gasteiger partial charge is 0.421 e. The van der Waals surface area contributed by atoms with Gasteiger partial charge in [0.25, 0.3) is 0 Å². The van der Waals surface area contributed by atoms with Gasteiger partial charge in [0.2, 0.25) is 5.88 Å². The van der Waals surface area contributed by atoms with Gasteiger partial charge in [-0.1, -0.05) is 6.07 Å². The SMILES string of the molecule is CN=C(NCCOc1ncccc1C(F)(F)F)NC1CCN(c2ccc(C)cn2)CC1.I. The van der Waals surface area contributed by atoms with E-state index in [-0.39, 0.29) is 36.6 Å². The van der Waals surface area contributed by atoms with Crippen LogP contribution in [0.25, 0.3) is 0 Å². The van der Waals surface area contributed by atoms with Crippen molar-refractivity contribution in [2.24, 2.45) is 4.99 Å². The van der Waals surface area contributed by atoms with Crippen LogP contribution in [-0.2, 0) is 6.18 Å². The molecule has 176 valence electrons. The lowest BCUT2D eigenvalue weighted by molar-refractivity contribution is -0.139. The van der Waals surface area contributed by atoms with E-state index in [1.165, 1.54) is 12.3 Å². The first-order chi connectivity index (χ1) is 14.9. The Labute approximate surface area is 202 Å². The highest BCUT2D eigenvalue weighted by molar-refractivity contribution is 14.0. The van der Waals surface area contributed by atoms with Gasteiger partial charge in [-0.2, -0.15) is 13.2 Å². The summed E-state index contributed by atoms with van der Waals surface area (Å²) in [7, 11) is 1.65. The van der Waals surface area contributed by atoms with E-state index >= 15 is 0 Å². The van der Waals surface area contributed by atoms with E-state index in [2.05, 4.69) is 36.6 Å². The van der Waals surface area contributed by atoms with Crippen LogP contribution in [0.15, 0.2) is 41.7 Å². The number of nitrogens with zero attached hydrogens (tertiary/aromatic N) is 4. The van der Waals surface area contributed by atoms with Crippen molar-refractivity contribution >= 4 is 35.8 Å². The normalized spacial score (nSPS) is 15.2. The van der Waals surface area contributed by atoms with Crippen molar-refractivity contribution < 1.29 is 17.9 Å². The van der Waals surface area contributed by atoms with Crippen LogP contribution >= 0.6 is 24.0 Å². The Bertz CT molecular complexity index is 871. The van der Waals surface area contributed by atoms with Crippen molar-refractivity contribution in [1.82, 2.24) is 20.6 Å². The second kappa shape index (κ2) is 12.1. The van der Waals surface area contributed by atoms with Gasteiger partial charge < -0.3 is 20.3 Å². The molecule has 0 amide bonds. The van der Waals surface area contributed by atoms with E-state index in [0.29, 0.717) is 12.5 Å². The zero-order chi connectivity index (χ0) is 22.3. The standard InChI is InChI=1S/C21H27F3N6O.HI/c1-15-5-6-18(28-14-15)30-11-7-16(8-12-30)29-20(25-2)27-10-13-31-19-17(21(22,23)24)4-3-9-26-19;/h3-6,9,14,16H,7-8,10-13H2,1-2H3,(H2,25,27,29);1H. The summed E-state index contributed by atoms with van der Waals surface area (Å²) in [6.45, 7) is 4.10. The van der Waals surface area contributed by atoms with E-state index in [1.54, 1.807) is 7.05 Å². The zero-order valence-electron chi connectivity index (χ0n) is 18.0. The highest BCUT2D eigenvalue weighted by Crippen LogP contribution is 2.34. The fraction of sp³-hybridized carbons (Fsp3) is 0.476. The second-order valence-electron chi connectivity index (χ2n) is 7.30. The summed E-state index contributed by atoms with van der Waals surface area (Å²) in [4.78, 5) is 14.6. The van der Waals surface area contributed by atoms with Gasteiger partial charge in [0.15, 0.2) is 5.96 Å². The van der Waals surface area contributed by atoms with E-state index in [0.717, 1.165) is 43.4 Å². The van der Waals surface area contributed by atoms with Gasteiger partial charge in [0.1, 0.15) is 18.0 Å². The number of piperidine rings is 1. The minimum absolute atomic E-state index is 0. The van der Waals surface area contributed by atoms with Crippen LogP contribution in [0.2, 0.25) is 0 Å². The Morgan fingerprint density at radius 1 is 1.22 bits per heavy atom. The Morgan fingerprint density at radius 3 is 2.59 bits per heavy atom. The molecule has 3 rings (SSSR count). The number of alkyl halides is 3. The quantitative estimate of drug-likeness (QED) is 0.242. The van der Waals surface area contributed by atoms with Crippen LogP contribution in [0.5, 0.6) is 5.88 Å². The number of ether oxygens (including phenoxy) is 1. The van der Waals surface area contributed by atoms with Gasteiger partial charge >= 0.3 is 6.18 Å². The lowest BCUT2D eigenvalue weighted by Gasteiger charge is -2.33. The van der Waals surface area contributed by atoms with Crippen molar-refractivity contribution in [2.45, 2.75) is 32.0 Å². The molecule has 3 heterocycles. The molecule has 0 aromatic carbocycles. The van der Waals surface area contributed by atoms with Gasteiger partial charge in [0, 0.05) is 38.6 Å². The molecule has 2 aromatic heterocycles.